The van der Waals surface area contributed by atoms with Gasteiger partial charge in [-0.05, 0) is 24.3 Å². The maximum Gasteiger partial charge on any atom is 0.339 e. The van der Waals surface area contributed by atoms with Crippen molar-refractivity contribution in [1.82, 2.24) is 9.78 Å². The van der Waals surface area contributed by atoms with E-state index in [1.54, 1.807) is 24.3 Å². The highest BCUT2D eigenvalue weighted by molar-refractivity contribution is 6.02. The van der Waals surface area contributed by atoms with E-state index >= 15 is 0 Å². The molecule has 0 radical (unpaired) electrons. The lowest BCUT2D eigenvalue weighted by atomic mass is 10.1. The van der Waals surface area contributed by atoms with Gasteiger partial charge in [-0.2, -0.15) is 5.10 Å². The molecule has 28 heavy (non-hydrogen) atoms. The van der Waals surface area contributed by atoms with E-state index in [4.69, 9.17) is 5.11 Å². The van der Waals surface area contributed by atoms with Gasteiger partial charge in [-0.25, -0.2) is 14.3 Å². The number of para-hydroxylation sites is 1. The van der Waals surface area contributed by atoms with Gasteiger partial charge in [0, 0.05) is 29.6 Å². The molecule has 0 atom stereocenters. The van der Waals surface area contributed by atoms with Crippen LogP contribution in [0.1, 0.15) is 10.4 Å². The molecule has 0 bridgehead atoms. The summed E-state index contributed by atoms with van der Waals surface area (Å²) in [6, 6.07) is 15.5. The van der Waals surface area contributed by atoms with E-state index in [1.165, 1.54) is 10.9 Å². The topological polar surface area (TPSA) is 122 Å². The molecule has 1 amide bonds. The minimum atomic E-state index is -1.22. The van der Waals surface area contributed by atoms with Crippen LogP contribution in [-0.4, -0.2) is 37.8 Å². The van der Waals surface area contributed by atoms with Crippen LogP contribution in [0.4, 0.5) is 5.69 Å². The highest BCUT2D eigenvalue weighted by atomic mass is 16.4. The third-order valence-electron chi connectivity index (χ3n) is 3.77. The molecule has 0 aliphatic rings. The van der Waals surface area contributed by atoms with Crippen LogP contribution in [0.25, 0.3) is 16.9 Å². The van der Waals surface area contributed by atoms with Crippen LogP contribution in [0.2, 0.25) is 0 Å². The third kappa shape index (κ3) is 4.31. The maximum absolute atomic E-state index is 11.6. The molecule has 8 nitrogen and oxygen atoms in total. The molecular formula is C20H15N3O5. The number of nitrogens with one attached hydrogen (secondary N) is 1. The van der Waals surface area contributed by atoms with Crippen LogP contribution in [0.3, 0.4) is 0 Å². The van der Waals surface area contributed by atoms with E-state index in [0.29, 0.717) is 16.9 Å². The zero-order valence-electron chi connectivity index (χ0n) is 14.4. The highest BCUT2D eigenvalue weighted by Gasteiger charge is 2.17. The number of aliphatic carboxylic acids is 1. The van der Waals surface area contributed by atoms with Crippen LogP contribution < -0.4 is 5.32 Å². The number of carboxylic acid groups (broad SMARTS) is 2. The lowest BCUT2D eigenvalue weighted by Crippen LogP contribution is -2.08. The number of aromatic carboxylic acids is 1. The number of hydrogen-bond donors (Lipinski definition) is 3. The molecule has 1 heterocycles. The zero-order valence-corrected chi connectivity index (χ0v) is 14.4. The van der Waals surface area contributed by atoms with E-state index < -0.39 is 17.8 Å². The largest absolute Gasteiger partial charge is 0.478 e. The number of hydrogen-bond acceptors (Lipinski definition) is 4. The summed E-state index contributed by atoms with van der Waals surface area (Å²) in [5, 5.41) is 24.9. The first kappa shape index (κ1) is 18.6. The Bertz CT molecular complexity index is 1050. The Morgan fingerprint density at radius 3 is 2.21 bits per heavy atom. The van der Waals surface area contributed by atoms with Crippen molar-refractivity contribution in [1.29, 1.82) is 0 Å². The van der Waals surface area contributed by atoms with Gasteiger partial charge < -0.3 is 15.5 Å². The van der Waals surface area contributed by atoms with Crippen molar-refractivity contribution >= 4 is 23.5 Å². The second-order valence-electron chi connectivity index (χ2n) is 5.71. The number of anilines is 1. The smallest absolute Gasteiger partial charge is 0.339 e. The number of carbonyl (C=O) groups is 3. The molecule has 3 aromatic rings. The molecule has 0 fully saturated rings. The molecule has 0 spiro atoms. The molecule has 1 aromatic heterocycles. The molecule has 0 aliphatic heterocycles. The summed E-state index contributed by atoms with van der Waals surface area (Å²) in [6.07, 6.45) is 3.08. The molecule has 3 N–H and O–H groups in total. The van der Waals surface area contributed by atoms with Crippen molar-refractivity contribution < 1.29 is 24.6 Å². The summed E-state index contributed by atoms with van der Waals surface area (Å²) < 4.78 is 1.49. The molecule has 3 rings (SSSR count). The van der Waals surface area contributed by atoms with E-state index in [2.05, 4.69) is 10.4 Å². The van der Waals surface area contributed by atoms with Gasteiger partial charge in [0.25, 0.3) is 0 Å². The van der Waals surface area contributed by atoms with Gasteiger partial charge in [0.05, 0.1) is 5.69 Å². The maximum atomic E-state index is 11.6. The fraction of sp³-hybridized carbons (Fsp3) is 0. The Morgan fingerprint density at radius 2 is 1.61 bits per heavy atom. The molecule has 2 aromatic carbocycles. The van der Waals surface area contributed by atoms with Crippen molar-refractivity contribution in [2.75, 3.05) is 5.32 Å². The minimum Gasteiger partial charge on any atom is -0.478 e. The molecule has 0 unspecified atom stereocenters. The predicted octanol–water partition coefficient (Wildman–Crippen LogP) is 2.82. The summed E-state index contributed by atoms with van der Waals surface area (Å²) in [6.45, 7) is 0. The van der Waals surface area contributed by atoms with Gasteiger partial charge in [-0.15, -0.1) is 0 Å². The Kier molecular flexibility index (Phi) is 5.31. The number of nitrogens with zero attached hydrogens (tertiary/aromatic N) is 2. The number of aromatic nitrogens is 2. The van der Waals surface area contributed by atoms with Gasteiger partial charge in [0.1, 0.15) is 11.3 Å². The zero-order chi connectivity index (χ0) is 20.1. The summed E-state index contributed by atoms with van der Waals surface area (Å²) in [5.74, 6) is -2.91. The number of rotatable bonds is 6. The van der Waals surface area contributed by atoms with E-state index in [-0.39, 0.29) is 5.56 Å². The van der Waals surface area contributed by atoms with Gasteiger partial charge >= 0.3 is 11.9 Å². The molecular weight excluding hydrogens is 362 g/mol. The molecule has 0 aliphatic carbocycles. The number of carboxylic acids is 2. The fourth-order valence-corrected chi connectivity index (χ4v) is 2.50. The summed E-state index contributed by atoms with van der Waals surface area (Å²) in [5.41, 5.74) is 2.06. The second-order valence-corrected chi connectivity index (χ2v) is 5.71. The number of carbonyl (C=O) groups excluding carboxylic acids is 1. The van der Waals surface area contributed by atoms with Crippen LogP contribution >= 0.6 is 0 Å². The average Bonchev–Trinajstić information content (AvgIpc) is 3.13. The Labute approximate surface area is 159 Å². The molecule has 0 saturated carbocycles. The second kappa shape index (κ2) is 8.00. The standard InChI is InChI=1S/C20H15N3O5/c24-17(10-11-18(25)26)21-14-8-6-13(7-9-14)19-16(20(27)28)12-23(22-19)15-4-2-1-3-5-15/h1-12H,(H,21,24)(H,25,26)(H,27,28). The van der Waals surface area contributed by atoms with E-state index in [0.717, 1.165) is 17.8 Å². The van der Waals surface area contributed by atoms with Gasteiger partial charge in [0.2, 0.25) is 5.91 Å². The van der Waals surface area contributed by atoms with Crippen molar-refractivity contribution in [3.63, 3.8) is 0 Å². The summed E-state index contributed by atoms with van der Waals surface area (Å²) in [4.78, 5) is 33.7. The molecule has 8 heteroatoms. The van der Waals surface area contributed by atoms with Gasteiger partial charge in [-0.1, -0.05) is 30.3 Å². The fourth-order valence-electron chi connectivity index (χ4n) is 2.50. The normalized spacial score (nSPS) is 10.7. The lowest BCUT2D eigenvalue weighted by Gasteiger charge is -2.04. The van der Waals surface area contributed by atoms with Crippen LogP contribution in [0, 0.1) is 0 Å². The summed E-state index contributed by atoms with van der Waals surface area (Å²) in [7, 11) is 0. The molecule has 140 valence electrons. The first-order valence-corrected chi connectivity index (χ1v) is 8.15. The van der Waals surface area contributed by atoms with Crippen molar-refractivity contribution in [3.05, 3.63) is 78.5 Å². The first-order valence-electron chi connectivity index (χ1n) is 8.15. The Balaban J connectivity index is 1.87. The van der Waals surface area contributed by atoms with Crippen molar-refractivity contribution in [3.8, 4) is 16.9 Å². The third-order valence-corrected chi connectivity index (χ3v) is 3.77. The van der Waals surface area contributed by atoms with Crippen LogP contribution in [0.15, 0.2) is 72.9 Å². The van der Waals surface area contributed by atoms with Gasteiger partial charge in [-0.3, -0.25) is 4.79 Å². The number of benzene rings is 2. The lowest BCUT2D eigenvalue weighted by molar-refractivity contribution is -0.131. The monoisotopic (exact) mass is 377 g/mol. The SMILES string of the molecule is O=C(O)C=CC(=O)Nc1ccc(-c2nn(-c3ccccc3)cc2C(=O)O)cc1. The molecule has 0 saturated heterocycles. The Morgan fingerprint density at radius 1 is 0.929 bits per heavy atom. The minimum absolute atomic E-state index is 0.0463. The summed E-state index contributed by atoms with van der Waals surface area (Å²) >= 11 is 0. The van der Waals surface area contributed by atoms with Gasteiger partial charge in [0.15, 0.2) is 0 Å². The first-order chi connectivity index (χ1) is 13.4. The van der Waals surface area contributed by atoms with Crippen molar-refractivity contribution in [2.24, 2.45) is 0 Å². The van der Waals surface area contributed by atoms with E-state index in [1.807, 2.05) is 30.3 Å². The highest BCUT2D eigenvalue weighted by Crippen LogP contribution is 2.25. The quantitative estimate of drug-likeness (QED) is 0.568. The number of amides is 1. The van der Waals surface area contributed by atoms with Crippen molar-refractivity contribution in [2.45, 2.75) is 0 Å². The van der Waals surface area contributed by atoms with Crippen LogP contribution in [-0.2, 0) is 9.59 Å². The van der Waals surface area contributed by atoms with Crippen LogP contribution in [0.5, 0.6) is 0 Å². The predicted molar refractivity (Wildman–Crippen MR) is 101 cm³/mol. The average molecular weight is 377 g/mol. The Hall–Kier alpha value is -4.20. The van der Waals surface area contributed by atoms with E-state index in [9.17, 15) is 19.5 Å².